The summed E-state index contributed by atoms with van der Waals surface area (Å²) in [7, 11) is 0. The second-order valence-corrected chi connectivity index (χ2v) is 5.89. The summed E-state index contributed by atoms with van der Waals surface area (Å²) in [5, 5.41) is 10.8. The average molecular weight is 317 g/mol. The van der Waals surface area contributed by atoms with E-state index < -0.39 is 0 Å². The van der Waals surface area contributed by atoms with E-state index in [9.17, 15) is 9.90 Å². The van der Waals surface area contributed by atoms with Crippen LogP contribution in [-0.4, -0.2) is 41.3 Å². The smallest absolute Gasteiger partial charge is 0.410 e. The van der Waals surface area contributed by atoms with E-state index in [4.69, 9.17) is 33.7 Å². The van der Waals surface area contributed by atoms with Gasteiger partial charge in [0, 0.05) is 24.6 Å². The second kappa shape index (κ2) is 4.98. The molecule has 2 fully saturated rings. The molecule has 0 radical (unpaired) electrons. The molecule has 3 atom stereocenters. The zero-order valence-corrected chi connectivity index (χ0v) is 12.1. The molecule has 7 heteroatoms. The van der Waals surface area contributed by atoms with E-state index >= 15 is 0 Å². The first kappa shape index (κ1) is 13.8. The Labute approximate surface area is 126 Å². The minimum absolute atomic E-state index is 0.0619. The summed E-state index contributed by atoms with van der Waals surface area (Å²) >= 11 is 12.2. The molecule has 2 aliphatic rings. The molecule has 108 valence electrons. The Hall–Kier alpha value is -1.17. The summed E-state index contributed by atoms with van der Waals surface area (Å²) in [6, 6.07) is 3.01. The standard InChI is InChI=1S/C13H14Cl2N2O3/c14-7-1-2-9(18)11(12(7)15)6-3-8-10(4-16)20-13(19)17(8)5-6/h1-2,6,8,10,18H,3-5,16H2/t6-,8-,10-/m0/s1. The Morgan fingerprint density at radius 1 is 1.45 bits per heavy atom. The summed E-state index contributed by atoms with van der Waals surface area (Å²) in [4.78, 5) is 13.4. The Bertz CT molecular complexity index is 567. The summed E-state index contributed by atoms with van der Waals surface area (Å²) < 4.78 is 5.19. The first-order chi connectivity index (χ1) is 9.52. The second-order valence-electron chi connectivity index (χ2n) is 5.10. The maximum Gasteiger partial charge on any atom is 0.410 e. The van der Waals surface area contributed by atoms with E-state index in [1.807, 2.05) is 0 Å². The van der Waals surface area contributed by atoms with Gasteiger partial charge in [-0.05, 0) is 18.6 Å². The van der Waals surface area contributed by atoms with Crippen molar-refractivity contribution in [2.45, 2.75) is 24.5 Å². The first-order valence-corrected chi connectivity index (χ1v) is 7.12. The van der Waals surface area contributed by atoms with Gasteiger partial charge in [-0.25, -0.2) is 4.79 Å². The average Bonchev–Trinajstić information content (AvgIpc) is 2.96. The lowest BCUT2D eigenvalue weighted by Crippen LogP contribution is -2.34. The van der Waals surface area contributed by atoms with E-state index in [-0.39, 0.29) is 36.5 Å². The fourth-order valence-corrected chi connectivity index (χ4v) is 3.54. The number of ether oxygens (including phenoxy) is 1. The van der Waals surface area contributed by atoms with Gasteiger partial charge in [0.05, 0.1) is 16.1 Å². The number of nitrogens with two attached hydrogens (primary N) is 1. The van der Waals surface area contributed by atoms with Crippen molar-refractivity contribution >= 4 is 29.3 Å². The summed E-state index contributed by atoms with van der Waals surface area (Å²) in [6.07, 6.45) is -0.000454. The van der Waals surface area contributed by atoms with Crippen molar-refractivity contribution in [1.29, 1.82) is 0 Å². The van der Waals surface area contributed by atoms with Crippen LogP contribution >= 0.6 is 23.2 Å². The van der Waals surface area contributed by atoms with E-state index in [2.05, 4.69) is 0 Å². The quantitative estimate of drug-likeness (QED) is 0.878. The third kappa shape index (κ3) is 2.01. The number of cyclic esters (lactones) is 1. The summed E-state index contributed by atoms with van der Waals surface area (Å²) in [5.74, 6) is 0.0383. The molecule has 0 saturated carbocycles. The van der Waals surface area contributed by atoms with Crippen LogP contribution in [0.4, 0.5) is 4.79 Å². The van der Waals surface area contributed by atoms with E-state index in [1.54, 1.807) is 11.0 Å². The zero-order valence-electron chi connectivity index (χ0n) is 10.6. The van der Waals surface area contributed by atoms with Crippen molar-refractivity contribution in [2.75, 3.05) is 13.1 Å². The number of nitrogens with zero attached hydrogens (tertiary/aromatic N) is 1. The Morgan fingerprint density at radius 2 is 2.20 bits per heavy atom. The van der Waals surface area contributed by atoms with Crippen LogP contribution in [0.5, 0.6) is 5.75 Å². The van der Waals surface area contributed by atoms with Gasteiger partial charge >= 0.3 is 6.09 Å². The molecule has 3 N–H and O–H groups in total. The van der Waals surface area contributed by atoms with Crippen LogP contribution in [0, 0.1) is 0 Å². The fraction of sp³-hybridized carbons (Fsp3) is 0.462. The lowest BCUT2D eigenvalue weighted by atomic mass is 9.94. The third-order valence-corrected chi connectivity index (χ3v) is 4.83. The zero-order chi connectivity index (χ0) is 14.4. The van der Waals surface area contributed by atoms with E-state index in [0.29, 0.717) is 28.6 Å². The molecule has 0 bridgehead atoms. The highest BCUT2D eigenvalue weighted by Crippen LogP contribution is 2.45. The number of hydrogen-bond donors (Lipinski definition) is 2. The van der Waals surface area contributed by atoms with Gasteiger partial charge in [-0.2, -0.15) is 0 Å². The van der Waals surface area contributed by atoms with Crippen molar-refractivity contribution in [3.05, 3.63) is 27.7 Å². The van der Waals surface area contributed by atoms with Crippen molar-refractivity contribution < 1.29 is 14.6 Å². The Morgan fingerprint density at radius 3 is 2.90 bits per heavy atom. The van der Waals surface area contributed by atoms with Gasteiger partial charge in [0.2, 0.25) is 0 Å². The van der Waals surface area contributed by atoms with Crippen molar-refractivity contribution in [3.63, 3.8) is 0 Å². The van der Waals surface area contributed by atoms with Crippen molar-refractivity contribution in [2.24, 2.45) is 5.73 Å². The van der Waals surface area contributed by atoms with Crippen LogP contribution in [0.2, 0.25) is 10.0 Å². The number of halogens is 2. The van der Waals surface area contributed by atoms with E-state index in [0.717, 1.165) is 0 Å². The first-order valence-electron chi connectivity index (χ1n) is 6.37. The minimum Gasteiger partial charge on any atom is -0.508 e. The number of rotatable bonds is 2. The third-order valence-electron chi connectivity index (χ3n) is 4.01. The molecule has 1 aromatic rings. The molecule has 0 spiro atoms. The molecule has 0 unspecified atom stereocenters. The maximum atomic E-state index is 11.8. The van der Waals surface area contributed by atoms with Gasteiger partial charge < -0.3 is 20.5 Å². The van der Waals surface area contributed by atoms with Gasteiger partial charge in [0.1, 0.15) is 11.9 Å². The molecule has 2 heterocycles. The van der Waals surface area contributed by atoms with Crippen LogP contribution in [0.25, 0.3) is 0 Å². The number of amides is 1. The minimum atomic E-state index is -0.356. The Balaban J connectivity index is 1.92. The largest absolute Gasteiger partial charge is 0.508 e. The Kier molecular flexibility index (Phi) is 3.44. The fourth-order valence-electron chi connectivity index (χ4n) is 3.06. The van der Waals surface area contributed by atoms with Gasteiger partial charge in [-0.15, -0.1) is 0 Å². The number of hydrogen-bond acceptors (Lipinski definition) is 4. The predicted octanol–water partition coefficient (Wildman–Crippen LogP) is 2.33. The molecule has 1 amide bonds. The molecule has 2 aliphatic heterocycles. The normalized spacial score (nSPS) is 28.6. The lowest BCUT2D eigenvalue weighted by molar-refractivity contribution is 0.128. The highest BCUT2D eigenvalue weighted by Gasteiger charge is 2.48. The lowest BCUT2D eigenvalue weighted by Gasteiger charge is -2.16. The van der Waals surface area contributed by atoms with Gasteiger partial charge in [-0.1, -0.05) is 23.2 Å². The van der Waals surface area contributed by atoms with Crippen LogP contribution in [0.1, 0.15) is 17.9 Å². The van der Waals surface area contributed by atoms with Crippen molar-refractivity contribution in [3.8, 4) is 5.75 Å². The highest BCUT2D eigenvalue weighted by molar-refractivity contribution is 6.42. The summed E-state index contributed by atoms with van der Waals surface area (Å²) in [5.41, 5.74) is 6.21. The number of fused-ring (bicyclic) bond motifs is 1. The molecule has 1 aromatic carbocycles. The van der Waals surface area contributed by atoms with Crippen LogP contribution in [0.15, 0.2) is 12.1 Å². The van der Waals surface area contributed by atoms with Crippen LogP contribution in [-0.2, 0) is 4.74 Å². The predicted molar refractivity (Wildman–Crippen MR) is 75.3 cm³/mol. The number of carbonyl (C=O) groups excluding carboxylic acids is 1. The SMILES string of the molecule is NC[C@@H]1OC(=O)N2C[C@@H](c3c(O)ccc(Cl)c3Cl)C[C@@H]12. The van der Waals surface area contributed by atoms with Gasteiger partial charge in [-0.3, -0.25) is 0 Å². The molecule has 0 aliphatic carbocycles. The van der Waals surface area contributed by atoms with Gasteiger partial charge in [0.25, 0.3) is 0 Å². The molecular weight excluding hydrogens is 303 g/mol. The number of aromatic hydroxyl groups is 1. The molecule has 5 nitrogen and oxygen atoms in total. The molecular formula is C13H14Cl2N2O3. The number of benzene rings is 1. The highest BCUT2D eigenvalue weighted by atomic mass is 35.5. The number of phenolic OH excluding ortho intramolecular Hbond substituents is 1. The van der Waals surface area contributed by atoms with Crippen molar-refractivity contribution in [1.82, 2.24) is 4.90 Å². The monoisotopic (exact) mass is 316 g/mol. The number of carbonyl (C=O) groups is 1. The molecule has 3 rings (SSSR count). The molecule has 2 saturated heterocycles. The van der Waals surface area contributed by atoms with Crippen LogP contribution in [0.3, 0.4) is 0 Å². The number of phenols is 1. The van der Waals surface area contributed by atoms with Crippen LogP contribution < -0.4 is 5.73 Å². The van der Waals surface area contributed by atoms with Gasteiger partial charge in [0.15, 0.2) is 0 Å². The molecule has 0 aromatic heterocycles. The summed E-state index contributed by atoms with van der Waals surface area (Å²) in [6.45, 7) is 0.739. The topological polar surface area (TPSA) is 75.8 Å². The van der Waals surface area contributed by atoms with E-state index in [1.165, 1.54) is 6.07 Å². The maximum absolute atomic E-state index is 11.8. The molecule has 20 heavy (non-hydrogen) atoms.